The van der Waals surface area contributed by atoms with Gasteiger partial charge in [-0.15, -0.1) is 24.0 Å². The van der Waals surface area contributed by atoms with E-state index in [1.54, 1.807) is 6.20 Å². The molecule has 0 aliphatic carbocycles. The van der Waals surface area contributed by atoms with Gasteiger partial charge in [-0.05, 0) is 18.4 Å². The number of nitrogens with one attached hydrogen (secondary N) is 2. The van der Waals surface area contributed by atoms with E-state index in [1.165, 1.54) is 5.39 Å². The predicted octanol–water partition coefficient (Wildman–Crippen LogP) is 4.39. The van der Waals surface area contributed by atoms with Gasteiger partial charge in [-0.25, -0.2) is 9.98 Å². The van der Waals surface area contributed by atoms with Crippen LogP contribution in [-0.4, -0.2) is 22.5 Å². The highest BCUT2D eigenvalue weighted by molar-refractivity contribution is 14.0. The minimum absolute atomic E-state index is 0. The lowest BCUT2D eigenvalue weighted by atomic mass is 9.94. The average Bonchev–Trinajstić information content (AvgIpc) is 3.13. The van der Waals surface area contributed by atoms with Gasteiger partial charge in [0, 0.05) is 23.5 Å². The summed E-state index contributed by atoms with van der Waals surface area (Å²) in [5.74, 6) is 2.23. The smallest absolute Gasteiger partial charge is 0.213 e. The number of oxazole rings is 1. The van der Waals surface area contributed by atoms with Crippen LogP contribution in [-0.2, 0) is 18.5 Å². The summed E-state index contributed by atoms with van der Waals surface area (Å²) in [6, 6.07) is 10.2. The molecule has 0 fully saturated rings. The molecule has 0 radical (unpaired) electrons. The maximum atomic E-state index is 5.83. The molecule has 28 heavy (non-hydrogen) atoms. The van der Waals surface area contributed by atoms with E-state index in [-0.39, 0.29) is 29.4 Å². The van der Waals surface area contributed by atoms with Crippen LogP contribution >= 0.6 is 24.0 Å². The lowest BCUT2D eigenvalue weighted by Gasteiger charge is -2.13. The minimum Gasteiger partial charge on any atom is -0.443 e. The first-order valence-electron chi connectivity index (χ1n) is 9.27. The van der Waals surface area contributed by atoms with Gasteiger partial charge >= 0.3 is 0 Å². The summed E-state index contributed by atoms with van der Waals surface area (Å²) in [7, 11) is 0. The van der Waals surface area contributed by atoms with Gasteiger partial charge in [-0.3, -0.25) is 4.98 Å². The van der Waals surface area contributed by atoms with Crippen LogP contribution in [0.5, 0.6) is 0 Å². The third kappa shape index (κ3) is 5.67. The first-order valence-corrected chi connectivity index (χ1v) is 9.27. The van der Waals surface area contributed by atoms with Crippen molar-refractivity contribution in [3.05, 3.63) is 60.1 Å². The molecule has 0 bridgehead atoms. The van der Waals surface area contributed by atoms with Crippen molar-refractivity contribution in [1.29, 1.82) is 0 Å². The Bertz CT molecular complexity index is 924. The number of rotatable bonds is 5. The van der Waals surface area contributed by atoms with Crippen molar-refractivity contribution in [3.8, 4) is 0 Å². The summed E-state index contributed by atoms with van der Waals surface area (Å²) in [5.41, 5.74) is 0.903. The molecule has 0 saturated carbocycles. The lowest BCUT2D eigenvalue weighted by molar-refractivity contribution is 0.379. The van der Waals surface area contributed by atoms with E-state index in [4.69, 9.17) is 4.42 Å². The molecule has 3 rings (SSSR count). The van der Waals surface area contributed by atoms with Crippen molar-refractivity contribution in [2.75, 3.05) is 6.54 Å². The summed E-state index contributed by atoms with van der Waals surface area (Å²) in [4.78, 5) is 13.5. The van der Waals surface area contributed by atoms with E-state index in [2.05, 4.69) is 58.5 Å². The van der Waals surface area contributed by atoms with Crippen molar-refractivity contribution in [2.45, 2.75) is 46.2 Å². The third-order valence-corrected chi connectivity index (χ3v) is 4.19. The van der Waals surface area contributed by atoms with Gasteiger partial charge in [0.2, 0.25) is 5.89 Å². The third-order valence-electron chi connectivity index (χ3n) is 4.19. The molecule has 2 heterocycles. The Labute approximate surface area is 183 Å². The maximum absolute atomic E-state index is 5.83. The zero-order valence-electron chi connectivity index (χ0n) is 16.8. The fraction of sp³-hybridized carbons (Fsp3) is 0.381. The molecule has 0 atom stereocenters. The van der Waals surface area contributed by atoms with Crippen LogP contribution in [0.1, 0.15) is 45.0 Å². The second-order valence-electron chi connectivity index (χ2n) is 7.40. The van der Waals surface area contributed by atoms with E-state index in [0.717, 1.165) is 23.4 Å². The Morgan fingerprint density at radius 3 is 2.61 bits per heavy atom. The molecular formula is C21H28IN5O. The lowest BCUT2D eigenvalue weighted by Crippen LogP contribution is -2.36. The van der Waals surface area contributed by atoms with Gasteiger partial charge < -0.3 is 15.1 Å². The summed E-state index contributed by atoms with van der Waals surface area (Å²) in [5, 5.41) is 8.82. The van der Waals surface area contributed by atoms with Crippen molar-refractivity contribution in [1.82, 2.24) is 20.6 Å². The Morgan fingerprint density at radius 2 is 1.89 bits per heavy atom. The fourth-order valence-corrected chi connectivity index (χ4v) is 2.70. The first kappa shape index (κ1) is 22.1. The summed E-state index contributed by atoms with van der Waals surface area (Å²) >= 11 is 0. The number of aromatic nitrogens is 2. The minimum atomic E-state index is -0.0517. The molecule has 6 nitrogen and oxygen atoms in total. The molecular weight excluding hydrogens is 465 g/mol. The number of nitrogens with zero attached hydrogens (tertiary/aromatic N) is 3. The van der Waals surface area contributed by atoms with Crippen LogP contribution in [0.25, 0.3) is 10.8 Å². The normalized spacial score (nSPS) is 11.9. The second-order valence-corrected chi connectivity index (χ2v) is 7.40. The van der Waals surface area contributed by atoms with Gasteiger partial charge in [-0.2, -0.15) is 0 Å². The zero-order chi connectivity index (χ0) is 19.3. The van der Waals surface area contributed by atoms with E-state index in [0.29, 0.717) is 24.9 Å². The van der Waals surface area contributed by atoms with Gasteiger partial charge in [-0.1, -0.05) is 45.0 Å². The number of guanidine groups is 1. The first-order chi connectivity index (χ1) is 13.0. The highest BCUT2D eigenvalue weighted by Gasteiger charge is 2.19. The fourth-order valence-electron chi connectivity index (χ4n) is 2.70. The number of fused-ring (bicyclic) bond motifs is 1. The number of hydrogen-bond donors (Lipinski definition) is 2. The molecule has 0 aliphatic rings. The van der Waals surface area contributed by atoms with Crippen LogP contribution in [0.4, 0.5) is 0 Å². The molecule has 0 aliphatic heterocycles. The highest BCUT2D eigenvalue weighted by Crippen LogP contribution is 2.22. The van der Waals surface area contributed by atoms with Gasteiger partial charge in [0.15, 0.2) is 5.96 Å². The van der Waals surface area contributed by atoms with Gasteiger partial charge in [0.05, 0.1) is 25.0 Å². The van der Waals surface area contributed by atoms with Crippen molar-refractivity contribution < 1.29 is 4.42 Å². The predicted molar refractivity (Wildman–Crippen MR) is 124 cm³/mol. The summed E-state index contributed by atoms with van der Waals surface area (Å²) < 4.78 is 5.83. The number of benzene rings is 1. The maximum Gasteiger partial charge on any atom is 0.213 e. The van der Waals surface area contributed by atoms with E-state index in [9.17, 15) is 0 Å². The quantitative estimate of drug-likeness (QED) is 0.313. The standard InChI is InChI=1S/C21H27N5O.HI/c1-5-22-20(26-14-19-24-13-18(27-19)21(2,3)4)25-12-17-16-9-7-6-8-15(16)10-11-23-17;/h6-11,13H,5,12,14H2,1-4H3,(H2,22,25,26);1H. The topological polar surface area (TPSA) is 75.3 Å². The molecule has 150 valence electrons. The Hall–Kier alpha value is -2.16. The Kier molecular flexibility index (Phi) is 7.79. The van der Waals surface area contributed by atoms with Crippen LogP contribution in [0.3, 0.4) is 0 Å². The van der Waals surface area contributed by atoms with Gasteiger partial charge in [0.25, 0.3) is 0 Å². The molecule has 7 heteroatoms. The Morgan fingerprint density at radius 1 is 1.11 bits per heavy atom. The van der Waals surface area contributed by atoms with Gasteiger partial charge in [0.1, 0.15) is 5.76 Å². The summed E-state index contributed by atoms with van der Waals surface area (Å²) in [6.07, 6.45) is 3.62. The van der Waals surface area contributed by atoms with Crippen LogP contribution in [0.2, 0.25) is 0 Å². The molecule has 1 aromatic carbocycles. The monoisotopic (exact) mass is 493 g/mol. The van der Waals surface area contributed by atoms with Crippen LogP contribution in [0.15, 0.2) is 52.1 Å². The second kappa shape index (κ2) is 9.86. The zero-order valence-corrected chi connectivity index (χ0v) is 19.2. The molecule has 0 spiro atoms. The Balaban J connectivity index is 0.00000280. The molecule has 2 N–H and O–H groups in total. The van der Waals surface area contributed by atoms with E-state index >= 15 is 0 Å². The van der Waals surface area contributed by atoms with Crippen LogP contribution in [0, 0.1) is 0 Å². The molecule has 0 unspecified atom stereocenters. The summed E-state index contributed by atoms with van der Waals surface area (Å²) in [6.45, 7) is 10.1. The van der Waals surface area contributed by atoms with Crippen molar-refractivity contribution >= 4 is 40.7 Å². The van der Waals surface area contributed by atoms with E-state index < -0.39 is 0 Å². The van der Waals surface area contributed by atoms with Crippen molar-refractivity contribution in [2.24, 2.45) is 4.99 Å². The SMILES string of the molecule is CCNC(=NCc1nccc2ccccc12)NCc1ncc(C(C)(C)C)o1.I. The number of halogens is 1. The highest BCUT2D eigenvalue weighted by atomic mass is 127. The number of hydrogen-bond acceptors (Lipinski definition) is 4. The molecule has 3 aromatic rings. The largest absolute Gasteiger partial charge is 0.443 e. The van der Waals surface area contributed by atoms with Crippen molar-refractivity contribution in [3.63, 3.8) is 0 Å². The number of aliphatic imine (C=N–C) groups is 1. The number of pyridine rings is 1. The average molecular weight is 493 g/mol. The molecule has 2 aromatic heterocycles. The van der Waals surface area contributed by atoms with Crippen LogP contribution < -0.4 is 10.6 Å². The molecule has 0 saturated heterocycles. The molecule has 0 amide bonds. The van der Waals surface area contributed by atoms with E-state index in [1.807, 2.05) is 31.3 Å².